The predicted molar refractivity (Wildman–Crippen MR) is 132 cm³/mol. The quantitative estimate of drug-likeness (QED) is 0.455. The number of anilines is 1. The topological polar surface area (TPSA) is 66.5 Å². The van der Waals surface area contributed by atoms with Crippen LogP contribution >= 0.6 is 23.1 Å². The van der Waals surface area contributed by atoms with E-state index in [-0.39, 0.29) is 18.4 Å². The molecule has 8 heteroatoms. The van der Waals surface area contributed by atoms with Gasteiger partial charge in [-0.3, -0.25) is 4.79 Å². The Bertz CT molecular complexity index is 1160. The molecule has 1 aliphatic heterocycles. The monoisotopic (exact) mass is 486 g/mol. The Morgan fingerprint density at radius 1 is 1.16 bits per heavy atom. The largest absolute Gasteiger partial charge is 0.326 e. The number of thiophene rings is 1. The normalized spacial score (nSPS) is 17.2. The summed E-state index contributed by atoms with van der Waals surface area (Å²) in [7, 11) is -3.53. The highest BCUT2D eigenvalue weighted by Crippen LogP contribution is 2.28. The standard InChI is InChI=1S/C24H26N2O3S3/c1-18-15-19(17-31-21-8-3-2-4-9-21)11-12-22(18)25-24(27)20-7-5-13-26(16-20)32(28,29)23-10-6-14-30-23/h2-4,6,8-12,14-15,20H,5,7,13,16-17H2,1H3,(H,25,27)/t20-/m0/s1. The van der Waals surface area contributed by atoms with Crippen LogP contribution < -0.4 is 5.32 Å². The average molecular weight is 487 g/mol. The summed E-state index contributed by atoms with van der Waals surface area (Å²) in [6.07, 6.45) is 1.37. The number of sulfonamides is 1. The van der Waals surface area contributed by atoms with Gasteiger partial charge in [-0.25, -0.2) is 8.42 Å². The molecule has 1 fully saturated rings. The van der Waals surface area contributed by atoms with Crippen LogP contribution in [0.3, 0.4) is 0 Å². The van der Waals surface area contributed by atoms with Gasteiger partial charge in [-0.15, -0.1) is 23.1 Å². The Morgan fingerprint density at radius 2 is 1.97 bits per heavy atom. The lowest BCUT2D eigenvalue weighted by Crippen LogP contribution is -2.43. The van der Waals surface area contributed by atoms with Gasteiger partial charge in [-0.1, -0.05) is 36.4 Å². The third-order valence-corrected chi connectivity index (χ3v) is 9.86. The summed E-state index contributed by atoms with van der Waals surface area (Å²) in [4.78, 5) is 14.2. The van der Waals surface area contributed by atoms with E-state index >= 15 is 0 Å². The smallest absolute Gasteiger partial charge is 0.252 e. The van der Waals surface area contributed by atoms with E-state index in [1.165, 1.54) is 26.1 Å². The fraction of sp³-hybridized carbons (Fsp3) is 0.292. The molecule has 0 spiro atoms. The SMILES string of the molecule is Cc1cc(CSc2ccccc2)ccc1NC(=O)[C@H]1CCCN(S(=O)(=O)c2cccs2)C1. The minimum atomic E-state index is -3.53. The van der Waals surface area contributed by atoms with Crippen LogP contribution in [0, 0.1) is 12.8 Å². The number of hydrogen-bond donors (Lipinski definition) is 1. The molecule has 0 saturated carbocycles. The highest BCUT2D eigenvalue weighted by atomic mass is 32.2. The fourth-order valence-corrected chi connectivity index (χ4v) is 7.32. The minimum absolute atomic E-state index is 0.120. The number of amides is 1. The molecule has 3 aromatic rings. The molecule has 1 atom stereocenters. The highest BCUT2D eigenvalue weighted by Gasteiger charge is 2.33. The molecule has 2 heterocycles. The Hall–Kier alpha value is -2.13. The molecule has 1 amide bonds. The first kappa shape index (κ1) is 23.0. The van der Waals surface area contributed by atoms with E-state index in [0.29, 0.717) is 23.6 Å². The van der Waals surface area contributed by atoms with Crippen LogP contribution in [0.25, 0.3) is 0 Å². The van der Waals surface area contributed by atoms with Gasteiger partial charge in [0.2, 0.25) is 5.91 Å². The van der Waals surface area contributed by atoms with Crippen molar-refractivity contribution in [1.82, 2.24) is 4.31 Å². The zero-order valence-corrected chi connectivity index (χ0v) is 20.3. The van der Waals surface area contributed by atoms with E-state index in [9.17, 15) is 13.2 Å². The maximum atomic E-state index is 12.9. The number of thioether (sulfide) groups is 1. The number of carbonyl (C=O) groups is 1. The average Bonchev–Trinajstić information content (AvgIpc) is 3.36. The molecule has 1 aliphatic rings. The van der Waals surface area contributed by atoms with Gasteiger partial charge in [0.1, 0.15) is 4.21 Å². The molecule has 0 aliphatic carbocycles. The summed E-state index contributed by atoms with van der Waals surface area (Å²) in [5, 5.41) is 4.78. The maximum Gasteiger partial charge on any atom is 0.252 e. The van der Waals surface area contributed by atoms with Gasteiger partial charge in [-0.05, 0) is 60.5 Å². The van der Waals surface area contributed by atoms with Crippen LogP contribution in [-0.4, -0.2) is 31.7 Å². The van der Waals surface area contributed by atoms with Gasteiger partial charge >= 0.3 is 0 Å². The molecular weight excluding hydrogens is 460 g/mol. The number of hydrogen-bond acceptors (Lipinski definition) is 5. The van der Waals surface area contributed by atoms with E-state index in [1.54, 1.807) is 29.3 Å². The summed E-state index contributed by atoms with van der Waals surface area (Å²) in [6.45, 7) is 2.66. The second-order valence-electron chi connectivity index (χ2n) is 7.87. The van der Waals surface area contributed by atoms with Crippen molar-refractivity contribution in [3.05, 3.63) is 77.2 Å². The summed E-state index contributed by atoms with van der Waals surface area (Å²) >= 11 is 2.99. The maximum absolute atomic E-state index is 12.9. The van der Waals surface area contributed by atoms with E-state index in [1.807, 2.05) is 37.3 Å². The molecular formula is C24H26N2O3S3. The Labute approximate surface area is 197 Å². The third-order valence-electron chi connectivity index (χ3n) is 5.54. The van der Waals surface area contributed by atoms with Crippen LogP contribution in [0.1, 0.15) is 24.0 Å². The Morgan fingerprint density at radius 3 is 2.69 bits per heavy atom. The number of benzene rings is 2. The molecule has 0 unspecified atom stereocenters. The highest BCUT2D eigenvalue weighted by molar-refractivity contribution is 7.98. The summed E-state index contributed by atoms with van der Waals surface area (Å²) in [5.41, 5.74) is 2.98. The van der Waals surface area contributed by atoms with Crippen molar-refractivity contribution in [2.24, 2.45) is 5.92 Å². The molecule has 5 nitrogen and oxygen atoms in total. The summed E-state index contributed by atoms with van der Waals surface area (Å²) in [5.74, 6) is 0.383. The van der Waals surface area contributed by atoms with Crippen molar-refractivity contribution in [2.45, 2.75) is 34.6 Å². The van der Waals surface area contributed by atoms with Gasteiger partial charge in [0.15, 0.2) is 0 Å². The molecule has 2 aromatic carbocycles. The molecule has 0 bridgehead atoms. The molecule has 32 heavy (non-hydrogen) atoms. The van der Waals surface area contributed by atoms with Crippen LogP contribution in [0.5, 0.6) is 0 Å². The van der Waals surface area contributed by atoms with Gasteiger partial charge in [0.05, 0.1) is 5.92 Å². The first-order chi connectivity index (χ1) is 15.4. The van der Waals surface area contributed by atoms with Gasteiger partial charge < -0.3 is 5.32 Å². The number of rotatable bonds is 7. The zero-order chi connectivity index (χ0) is 22.6. The predicted octanol–water partition coefficient (Wildman–Crippen LogP) is 5.39. The van der Waals surface area contributed by atoms with Crippen molar-refractivity contribution in [3.63, 3.8) is 0 Å². The van der Waals surface area contributed by atoms with Gasteiger partial charge in [0.25, 0.3) is 10.0 Å². The molecule has 1 aromatic heterocycles. The van der Waals surface area contributed by atoms with Crippen LogP contribution in [0.2, 0.25) is 0 Å². The Kier molecular flexibility index (Phi) is 7.35. The molecule has 1 N–H and O–H groups in total. The molecule has 168 valence electrons. The van der Waals surface area contributed by atoms with Crippen molar-refractivity contribution >= 4 is 44.7 Å². The lowest BCUT2D eigenvalue weighted by Gasteiger charge is -2.31. The number of piperidine rings is 1. The van der Waals surface area contributed by atoms with Crippen molar-refractivity contribution in [3.8, 4) is 0 Å². The first-order valence-corrected chi connectivity index (χ1v) is 13.9. The molecule has 1 saturated heterocycles. The van der Waals surface area contributed by atoms with Crippen LogP contribution in [0.4, 0.5) is 5.69 Å². The van der Waals surface area contributed by atoms with Crippen LogP contribution in [-0.2, 0) is 20.6 Å². The van der Waals surface area contributed by atoms with E-state index in [0.717, 1.165) is 17.0 Å². The first-order valence-electron chi connectivity index (χ1n) is 10.6. The second kappa shape index (κ2) is 10.2. The lowest BCUT2D eigenvalue weighted by molar-refractivity contribution is -0.120. The van der Waals surface area contributed by atoms with E-state index < -0.39 is 10.0 Å². The molecule has 0 radical (unpaired) electrons. The Balaban J connectivity index is 1.38. The van der Waals surface area contributed by atoms with Gasteiger partial charge in [-0.2, -0.15) is 4.31 Å². The van der Waals surface area contributed by atoms with E-state index in [4.69, 9.17) is 0 Å². The number of nitrogens with zero attached hydrogens (tertiary/aromatic N) is 1. The van der Waals surface area contributed by atoms with Crippen molar-refractivity contribution in [2.75, 3.05) is 18.4 Å². The molecule has 4 rings (SSSR count). The number of nitrogens with one attached hydrogen (secondary N) is 1. The lowest BCUT2D eigenvalue weighted by atomic mass is 9.98. The second-order valence-corrected chi connectivity index (χ2v) is 12.0. The summed E-state index contributed by atoms with van der Waals surface area (Å²) < 4.78 is 27.4. The number of carbonyl (C=O) groups excluding carboxylic acids is 1. The third kappa shape index (κ3) is 5.43. The minimum Gasteiger partial charge on any atom is -0.326 e. The zero-order valence-electron chi connectivity index (χ0n) is 17.9. The van der Waals surface area contributed by atoms with Crippen LogP contribution in [0.15, 0.2) is 75.1 Å². The fourth-order valence-electron chi connectivity index (χ4n) is 3.79. The summed E-state index contributed by atoms with van der Waals surface area (Å²) in [6, 6.07) is 19.7. The van der Waals surface area contributed by atoms with Gasteiger partial charge in [0, 0.05) is 29.4 Å². The number of aryl methyl sites for hydroxylation is 1. The van der Waals surface area contributed by atoms with E-state index in [2.05, 4.69) is 23.5 Å². The van der Waals surface area contributed by atoms with Crippen molar-refractivity contribution in [1.29, 1.82) is 0 Å². The van der Waals surface area contributed by atoms with Crippen molar-refractivity contribution < 1.29 is 13.2 Å².